The molecule has 0 radical (unpaired) electrons. The van der Waals surface area contributed by atoms with Crippen LogP contribution in [0.3, 0.4) is 0 Å². The predicted molar refractivity (Wildman–Crippen MR) is 100 cm³/mol. The number of benzene rings is 2. The molecule has 144 valence electrons. The van der Waals surface area contributed by atoms with Gasteiger partial charge in [0.2, 0.25) is 0 Å². The fourth-order valence-electron chi connectivity index (χ4n) is 2.49. The first-order chi connectivity index (χ1) is 12.5. The molecule has 0 aliphatic rings. The highest BCUT2D eigenvalue weighted by molar-refractivity contribution is 6.34. The van der Waals surface area contributed by atoms with Crippen LogP contribution in [0, 0.1) is 18.6 Å². The van der Waals surface area contributed by atoms with Crippen molar-refractivity contribution in [3.8, 4) is 0 Å². The molecule has 0 atom stereocenters. The Bertz CT molecular complexity index is 858. The fraction of sp³-hybridized carbons (Fsp3) is 0.300. The van der Waals surface area contributed by atoms with Crippen molar-refractivity contribution in [2.45, 2.75) is 33.3 Å². The third kappa shape index (κ3) is 5.04. The van der Waals surface area contributed by atoms with E-state index in [4.69, 9.17) is 16.3 Å². The number of hydrogen-bond donors (Lipinski definition) is 0. The number of anilines is 1. The molecular weight excluding hydrogens is 376 g/mol. The number of halogens is 3. The summed E-state index contributed by atoms with van der Waals surface area (Å²) >= 11 is 5.99. The predicted octanol–water partition coefficient (Wildman–Crippen LogP) is 4.92. The van der Waals surface area contributed by atoms with Crippen molar-refractivity contribution in [3.63, 3.8) is 0 Å². The molecule has 2 rings (SSSR count). The van der Waals surface area contributed by atoms with Gasteiger partial charge in [-0.15, -0.1) is 0 Å². The summed E-state index contributed by atoms with van der Waals surface area (Å²) in [6.07, 6.45) is 0. The quantitative estimate of drug-likeness (QED) is 0.690. The normalized spacial score (nSPS) is 11.2. The van der Waals surface area contributed by atoms with Gasteiger partial charge in [0.05, 0.1) is 16.3 Å². The molecule has 0 heterocycles. The molecule has 27 heavy (non-hydrogen) atoms. The van der Waals surface area contributed by atoms with Gasteiger partial charge in [0.15, 0.2) is 0 Å². The minimum Gasteiger partial charge on any atom is -0.459 e. The van der Waals surface area contributed by atoms with Gasteiger partial charge in [-0.3, -0.25) is 14.5 Å². The van der Waals surface area contributed by atoms with Crippen molar-refractivity contribution >= 4 is 29.2 Å². The molecule has 2 aromatic carbocycles. The van der Waals surface area contributed by atoms with Crippen LogP contribution in [-0.4, -0.2) is 24.0 Å². The molecule has 0 saturated heterocycles. The Kier molecular flexibility index (Phi) is 6.21. The monoisotopic (exact) mass is 395 g/mol. The van der Waals surface area contributed by atoms with Gasteiger partial charge in [0, 0.05) is 5.56 Å². The van der Waals surface area contributed by atoms with E-state index in [1.807, 2.05) is 0 Å². The van der Waals surface area contributed by atoms with Gasteiger partial charge >= 0.3 is 5.97 Å². The average Bonchev–Trinajstić information content (AvgIpc) is 2.53. The van der Waals surface area contributed by atoms with Crippen molar-refractivity contribution in [1.82, 2.24) is 0 Å². The van der Waals surface area contributed by atoms with Crippen LogP contribution in [0.2, 0.25) is 5.02 Å². The van der Waals surface area contributed by atoms with E-state index in [1.54, 1.807) is 20.8 Å². The molecular formula is C20H20ClF2NO3. The zero-order valence-electron chi connectivity index (χ0n) is 15.5. The second kappa shape index (κ2) is 8.05. The van der Waals surface area contributed by atoms with Gasteiger partial charge < -0.3 is 4.74 Å². The summed E-state index contributed by atoms with van der Waals surface area (Å²) in [5.74, 6) is -2.98. The maximum Gasteiger partial charge on any atom is 0.326 e. The summed E-state index contributed by atoms with van der Waals surface area (Å²) in [5, 5.41) is -0.108. The van der Waals surface area contributed by atoms with Crippen LogP contribution in [-0.2, 0) is 9.53 Å². The topological polar surface area (TPSA) is 46.6 Å². The molecule has 0 aromatic heterocycles. The third-order valence-corrected chi connectivity index (χ3v) is 3.97. The number of hydrogen-bond acceptors (Lipinski definition) is 3. The van der Waals surface area contributed by atoms with E-state index in [0.29, 0.717) is 0 Å². The number of nitrogens with zero attached hydrogens (tertiary/aromatic N) is 1. The number of amides is 1. The molecule has 0 fully saturated rings. The van der Waals surface area contributed by atoms with Crippen LogP contribution in [0.4, 0.5) is 14.5 Å². The van der Waals surface area contributed by atoms with Gasteiger partial charge in [-0.1, -0.05) is 23.7 Å². The Morgan fingerprint density at radius 1 is 1.07 bits per heavy atom. The lowest BCUT2D eigenvalue weighted by molar-refractivity contribution is -0.152. The third-order valence-electron chi connectivity index (χ3n) is 3.66. The van der Waals surface area contributed by atoms with E-state index in [1.165, 1.54) is 37.3 Å². The van der Waals surface area contributed by atoms with Crippen LogP contribution in [0.5, 0.6) is 0 Å². The Morgan fingerprint density at radius 2 is 1.67 bits per heavy atom. The molecule has 0 saturated carbocycles. The standard InChI is InChI=1S/C20H20ClF2NO3/c1-12-14(22)8-6-10-16(12)24(11-17(25)27-20(2,3)4)19(26)18-13(21)7-5-9-15(18)23/h5-10H,11H2,1-4H3. The van der Waals surface area contributed by atoms with Crippen molar-refractivity contribution in [2.24, 2.45) is 0 Å². The number of esters is 1. The zero-order chi connectivity index (χ0) is 20.4. The highest BCUT2D eigenvalue weighted by atomic mass is 35.5. The molecule has 0 bridgehead atoms. The average molecular weight is 396 g/mol. The van der Waals surface area contributed by atoms with E-state index < -0.39 is 41.2 Å². The molecule has 0 spiro atoms. The summed E-state index contributed by atoms with van der Waals surface area (Å²) in [5.41, 5.74) is -0.906. The Labute approximate surface area is 161 Å². The summed E-state index contributed by atoms with van der Waals surface area (Å²) in [4.78, 5) is 26.3. The molecule has 0 N–H and O–H groups in total. The van der Waals surface area contributed by atoms with E-state index >= 15 is 0 Å². The van der Waals surface area contributed by atoms with E-state index in [9.17, 15) is 18.4 Å². The molecule has 0 unspecified atom stereocenters. The maximum atomic E-state index is 14.2. The lowest BCUT2D eigenvalue weighted by Gasteiger charge is -2.27. The first-order valence-electron chi connectivity index (χ1n) is 8.24. The molecule has 1 amide bonds. The number of carbonyl (C=O) groups excluding carboxylic acids is 2. The SMILES string of the molecule is Cc1c(F)cccc1N(CC(=O)OC(C)(C)C)C(=O)c1c(F)cccc1Cl. The minimum atomic E-state index is -0.863. The van der Waals surface area contributed by atoms with Crippen molar-refractivity contribution in [1.29, 1.82) is 0 Å². The summed E-state index contributed by atoms with van der Waals surface area (Å²) < 4.78 is 33.5. The lowest BCUT2D eigenvalue weighted by Crippen LogP contribution is -2.39. The van der Waals surface area contributed by atoms with Gasteiger partial charge in [0.1, 0.15) is 23.8 Å². The first-order valence-corrected chi connectivity index (χ1v) is 8.62. The molecule has 7 heteroatoms. The largest absolute Gasteiger partial charge is 0.459 e. The van der Waals surface area contributed by atoms with Crippen molar-refractivity contribution < 1.29 is 23.1 Å². The Balaban J connectivity index is 2.51. The second-order valence-corrected chi connectivity index (χ2v) is 7.37. The molecule has 0 aliphatic carbocycles. The van der Waals surface area contributed by atoms with Crippen LogP contribution in [0.15, 0.2) is 36.4 Å². The molecule has 0 aliphatic heterocycles. The first kappa shape index (κ1) is 20.8. The summed E-state index contributed by atoms with van der Waals surface area (Å²) in [6, 6.07) is 7.90. The van der Waals surface area contributed by atoms with Crippen LogP contribution in [0.25, 0.3) is 0 Å². The Hall–Kier alpha value is -2.47. The van der Waals surface area contributed by atoms with Crippen molar-refractivity contribution in [3.05, 3.63) is 64.2 Å². The van der Waals surface area contributed by atoms with E-state index in [-0.39, 0.29) is 16.3 Å². The van der Waals surface area contributed by atoms with E-state index in [0.717, 1.165) is 11.0 Å². The van der Waals surface area contributed by atoms with Gasteiger partial charge in [-0.05, 0) is 52.0 Å². The molecule has 2 aromatic rings. The van der Waals surface area contributed by atoms with Crippen LogP contribution < -0.4 is 4.90 Å². The number of rotatable bonds is 4. The highest BCUT2D eigenvalue weighted by Gasteiger charge is 2.29. The smallest absolute Gasteiger partial charge is 0.326 e. The highest BCUT2D eigenvalue weighted by Crippen LogP contribution is 2.28. The summed E-state index contributed by atoms with van der Waals surface area (Å²) in [7, 11) is 0. The summed E-state index contributed by atoms with van der Waals surface area (Å²) in [6.45, 7) is 5.97. The van der Waals surface area contributed by atoms with Crippen molar-refractivity contribution in [2.75, 3.05) is 11.4 Å². The zero-order valence-corrected chi connectivity index (χ0v) is 16.2. The van der Waals surface area contributed by atoms with Crippen LogP contribution in [0.1, 0.15) is 36.7 Å². The fourth-order valence-corrected chi connectivity index (χ4v) is 2.74. The maximum absolute atomic E-state index is 14.2. The minimum absolute atomic E-state index is 0.108. The van der Waals surface area contributed by atoms with E-state index in [2.05, 4.69) is 0 Å². The second-order valence-electron chi connectivity index (χ2n) is 6.96. The Morgan fingerprint density at radius 3 is 2.26 bits per heavy atom. The lowest BCUT2D eigenvalue weighted by atomic mass is 10.1. The number of carbonyl (C=O) groups is 2. The van der Waals surface area contributed by atoms with Gasteiger partial charge in [-0.2, -0.15) is 0 Å². The number of ether oxygens (including phenoxy) is 1. The van der Waals surface area contributed by atoms with Gasteiger partial charge in [0.25, 0.3) is 5.91 Å². The van der Waals surface area contributed by atoms with Crippen LogP contribution >= 0.6 is 11.6 Å². The van der Waals surface area contributed by atoms with Gasteiger partial charge in [-0.25, -0.2) is 8.78 Å². The molecule has 4 nitrogen and oxygen atoms in total.